The number of nitrogens with one attached hydrogen (secondary N) is 1. The van der Waals surface area contributed by atoms with Gasteiger partial charge in [-0.15, -0.1) is 0 Å². The largest absolute Gasteiger partial charge is 0.403 e. The minimum atomic E-state index is -0.498. The van der Waals surface area contributed by atoms with Crippen molar-refractivity contribution in [3.8, 4) is 11.5 Å². The highest BCUT2D eigenvalue weighted by Crippen LogP contribution is 2.25. The quantitative estimate of drug-likeness (QED) is 0.504. The van der Waals surface area contributed by atoms with Gasteiger partial charge in [0.15, 0.2) is 0 Å². The van der Waals surface area contributed by atoms with Gasteiger partial charge < -0.3 is 9.73 Å². The highest BCUT2D eigenvalue weighted by atomic mass is 16.4. The fourth-order valence-electron chi connectivity index (χ4n) is 3.58. The predicted octanol–water partition coefficient (Wildman–Crippen LogP) is 3.33. The number of amides is 3. The van der Waals surface area contributed by atoms with E-state index in [1.165, 1.54) is 25.2 Å². The first-order valence-corrected chi connectivity index (χ1v) is 9.70. The summed E-state index contributed by atoms with van der Waals surface area (Å²) in [5.74, 6) is -1.16. The van der Waals surface area contributed by atoms with Gasteiger partial charge in [0, 0.05) is 23.9 Å². The summed E-state index contributed by atoms with van der Waals surface area (Å²) in [7, 11) is 1.40. The van der Waals surface area contributed by atoms with Gasteiger partial charge in [0.25, 0.3) is 17.7 Å². The van der Waals surface area contributed by atoms with Crippen LogP contribution in [0.4, 0.5) is 5.69 Å². The molecule has 0 saturated heterocycles. The molecule has 1 aliphatic heterocycles. The smallest absolute Gasteiger partial charge is 0.347 e. The van der Waals surface area contributed by atoms with Crippen molar-refractivity contribution in [2.75, 3.05) is 12.4 Å². The Morgan fingerprint density at radius 2 is 1.69 bits per heavy atom. The van der Waals surface area contributed by atoms with E-state index in [4.69, 9.17) is 4.42 Å². The number of carbonyl (C=O) groups excluding carboxylic acids is 3. The van der Waals surface area contributed by atoms with Crippen molar-refractivity contribution in [3.63, 3.8) is 0 Å². The molecule has 8 nitrogen and oxygen atoms in total. The molecule has 5 rings (SSSR count). The summed E-state index contributed by atoms with van der Waals surface area (Å²) in [5.41, 5.74) is 1.68. The van der Waals surface area contributed by atoms with Crippen LogP contribution >= 0.6 is 0 Å². The Labute approximate surface area is 181 Å². The maximum absolute atomic E-state index is 12.8. The second kappa shape index (κ2) is 7.28. The molecule has 1 aromatic heterocycles. The van der Waals surface area contributed by atoms with Gasteiger partial charge in [-0.25, -0.2) is 9.78 Å². The van der Waals surface area contributed by atoms with Gasteiger partial charge in [-0.2, -0.15) is 0 Å². The molecule has 32 heavy (non-hydrogen) atoms. The first kappa shape index (κ1) is 19.4. The van der Waals surface area contributed by atoms with E-state index in [0.29, 0.717) is 22.2 Å². The average Bonchev–Trinajstić information content (AvgIpc) is 3.03. The van der Waals surface area contributed by atoms with E-state index < -0.39 is 23.3 Å². The van der Waals surface area contributed by atoms with E-state index in [-0.39, 0.29) is 22.6 Å². The van der Waals surface area contributed by atoms with Crippen molar-refractivity contribution in [3.05, 3.63) is 93.8 Å². The minimum Gasteiger partial charge on any atom is -0.403 e. The highest BCUT2D eigenvalue weighted by Gasteiger charge is 2.33. The Bertz CT molecular complexity index is 1510. The van der Waals surface area contributed by atoms with Crippen molar-refractivity contribution in [1.82, 2.24) is 9.88 Å². The Hall–Kier alpha value is -4.59. The van der Waals surface area contributed by atoms with Crippen LogP contribution in [0.5, 0.6) is 0 Å². The molecule has 0 atom stereocenters. The van der Waals surface area contributed by atoms with Crippen LogP contribution < -0.4 is 10.9 Å². The van der Waals surface area contributed by atoms with Crippen LogP contribution in [0, 0.1) is 0 Å². The predicted molar refractivity (Wildman–Crippen MR) is 117 cm³/mol. The molecule has 1 N–H and O–H groups in total. The number of nitrogens with zero attached hydrogens (tertiary/aromatic N) is 2. The molecule has 0 spiro atoms. The van der Waals surface area contributed by atoms with Gasteiger partial charge in [0.1, 0.15) is 0 Å². The molecule has 156 valence electrons. The van der Waals surface area contributed by atoms with Crippen LogP contribution in [0.25, 0.3) is 22.4 Å². The molecule has 0 unspecified atom stereocenters. The zero-order chi connectivity index (χ0) is 22.4. The molecule has 0 saturated carbocycles. The number of carbonyl (C=O) groups is 3. The van der Waals surface area contributed by atoms with Crippen LogP contribution in [0.15, 0.2) is 75.9 Å². The number of para-hydroxylation sites is 1. The Morgan fingerprint density at radius 3 is 2.53 bits per heavy atom. The minimum absolute atomic E-state index is 0.134. The van der Waals surface area contributed by atoms with Crippen LogP contribution in [0.3, 0.4) is 0 Å². The lowest BCUT2D eigenvalue weighted by Gasteiger charge is -2.08. The zero-order valence-electron chi connectivity index (χ0n) is 16.8. The summed E-state index contributed by atoms with van der Waals surface area (Å²) < 4.78 is 5.35. The van der Waals surface area contributed by atoms with Gasteiger partial charge >= 0.3 is 5.63 Å². The Kier molecular flexibility index (Phi) is 4.41. The van der Waals surface area contributed by atoms with E-state index in [0.717, 1.165) is 4.90 Å². The summed E-state index contributed by atoms with van der Waals surface area (Å²) in [6.07, 6.45) is 0. The molecule has 0 radical (unpaired) electrons. The van der Waals surface area contributed by atoms with E-state index in [2.05, 4.69) is 10.3 Å². The number of benzene rings is 3. The third-order valence-electron chi connectivity index (χ3n) is 5.25. The number of hydrogen-bond donors (Lipinski definition) is 1. The maximum Gasteiger partial charge on any atom is 0.347 e. The van der Waals surface area contributed by atoms with Crippen molar-refractivity contribution in [2.45, 2.75) is 0 Å². The first-order chi connectivity index (χ1) is 15.4. The number of rotatable bonds is 3. The monoisotopic (exact) mass is 425 g/mol. The summed E-state index contributed by atoms with van der Waals surface area (Å²) in [6.45, 7) is 0. The topological polar surface area (TPSA) is 110 Å². The lowest BCUT2D eigenvalue weighted by molar-refractivity contribution is 0.0693. The standard InChI is InChI=1S/C24H15N3O5/c1-27-22(29)16-10-9-13(12-18(16)23(27)30)20(28)25-15-6-4-5-14(11-15)21-26-19-8-3-2-7-17(19)24(31)32-21/h2-12H,1H3,(H,25,28). The average molecular weight is 425 g/mol. The normalized spacial score (nSPS) is 12.8. The summed E-state index contributed by atoms with van der Waals surface area (Å²) in [6, 6.07) is 18.0. The third kappa shape index (κ3) is 3.14. The lowest BCUT2D eigenvalue weighted by Crippen LogP contribution is -2.24. The van der Waals surface area contributed by atoms with E-state index >= 15 is 0 Å². The fourth-order valence-corrected chi connectivity index (χ4v) is 3.58. The number of imide groups is 1. The summed E-state index contributed by atoms with van der Waals surface area (Å²) >= 11 is 0. The Balaban J connectivity index is 1.44. The van der Waals surface area contributed by atoms with Gasteiger partial charge in [0.05, 0.1) is 22.0 Å². The molecule has 0 fully saturated rings. The molecule has 1 aliphatic rings. The van der Waals surface area contributed by atoms with Gasteiger partial charge in [-0.1, -0.05) is 18.2 Å². The van der Waals surface area contributed by atoms with Gasteiger partial charge in [0.2, 0.25) is 5.89 Å². The molecule has 0 aliphatic carbocycles. The second-order valence-corrected chi connectivity index (χ2v) is 7.29. The number of aromatic nitrogens is 1. The molecule has 0 bridgehead atoms. The second-order valence-electron chi connectivity index (χ2n) is 7.29. The lowest BCUT2D eigenvalue weighted by atomic mass is 10.1. The summed E-state index contributed by atoms with van der Waals surface area (Å²) in [5, 5.41) is 3.14. The molecule has 2 heterocycles. The third-order valence-corrected chi connectivity index (χ3v) is 5.25. The van der Waals surface area contributed by atoms with E-state index in [9.17, 15) is 19.2 Å². The maximum atomic E-state index is 12.8. The van der Waals surface area contributed by atoms with Crippen LogP contribution in [0.2, 0.25) is 0 Å². The molecule has 3 aromatic carbocycles. The fraction of sp³-hybridized carbons (Fsp3) is 0.0417. The van der Waals surface area contributed by atoms with E-state index in [1.807, 2.05) is 0 Å². The van der Waals surface area contributed by atoms with Crippen molar-refractivity contribution < 1.29 is 18.8 Å². The molecule has 4 aromatic rings. The van der Waals surface area contributed by atoms with Crippen LogP contribution in [-0.2, 0) is 0 Å². The van der Waals surface area contributed by atoms with E-state index in [1.54, 1.807) is 48.5 Å². The zero-order valence-corrected chi connectivity index (χ0v) is 16.8. The van der Waals surface area contributed by atoms with Crippen molar-refractivity contribution in [2.24, 2.45) is 0 Å². The highest BCUT2D eigenvalue weighted by molar-refractivity contribution is 6.22. The van der Waals surface area contributed by atoms with Crippen LogP contribution in [0.1, 0.15) is 31.1 Å². The molecule has 3 amide bonds. The van der Waals surface area contributed by atoms with Crippen molar-refractivity contribution in [1.29, 1.82) is 0 Å². The van der Waals surface area contributed by atoms with Gasteiger partial charge in [-0.05, 0) is 48.5 Å². The van der Waals surface area contributed by atoms with Crippen LogP contribution in [-0.4, -0.2) is 34.7 Å². The van der Waals surface area contributed by atoms with Crippen molar-refractivity contribution >= 4 is 34.3 Å². The number of fused-ring (bicyclic) bond motifs is 2. The number of anilines is 1. The van der Waals surface area contributed by atoms with Gasteiger partial charge in [-0.3, -0.25) is 19.3 Å². The first-order valence-electron chi connectivity index (χ1n) is 9.70. The molecule has 8 heteroatoms. The Morgan fingerprint density at radius 1 is 0.906 bits per heavy atom. The molecular formula is C24H15N3O5. The summed E-state index contributed by atoms with van der Waals surface area (Å²) in [4.78, 5) is 54.6. The SMILES string of the molecule is CN1C(=O)c2ccc(C(=O)Nc3cccc(-c4nc5ccccc5c(=O)o4)c3)cc2C1=O. The molecular weight excluding hydrogens is 410 g/mol. The number of hydrogen-bond acceptors (Lipinski definition) is 6.